The van der Waals surface area contributed by atoms with E-state index in [1.54, 1.807) is 30.3 Å². The monoisotopic (exact) mass is 363 g/mol. The lowest BCUT2D eigenvalue weighted by Gasteiger charge is -2.32. The van der Waals surface area contributed by atoms with Crippen molar-refractivity contribution in [2.75, 3.05) is 0 Å². The van der Waals surface area contributed by atoms with Gasteiger partial charge in [0.1, 0.15) is 33.6 Å². The van der Waals surface area contributed by atoms with Crippen LogP contribution in [0.3, 0.4) is 0 Å². The van der Waals surface area contributed by atoms with E-state index in [1.807, 2.05) is 0 Å². The maximum absolute atomic E-state index is 11.6. The van der Waals surface area contributed by atoms with Gasteiger partial charge in [0.05, 0.1) is 12.0 Å². The molecule has 0 aromatic heterocycles. The molecule has 1 amide bonds. The van der Waals surface area contributed by atoms with Crippen molar-refractivity contribution < 1.29 is 30.1 Å². The zero-order valence-corrected chi connectivity index (χ0v) is 13.5. The van der Waals surface area contributed by atoms with E-state index in [2.05, 4.69) is 0 Å². The lowest BCUT2D eigenvalue weighted by atomic mass is 9.85. The molecular weight excluding hydrogens is 350 g/mol. The van der Waals surface area contributed by atoms with E-state index in [0.717, 1.165) is 6.07 Å². The number of phenolic OH excluding ortho intramolecular Hbond substituents is 2. The Hall–Kier alpha value is -2.74. The van der Waals surface area contributed by atoms with Crippen molar-refractivity contribution >= 4 is 23.3 Å². The van der Waals surface area contributed by atoms with Gasteiger partial charge in [-0.1, -0.05) is 41.9 Å². The Balaban J connectivity index is 2.21. The third-order valence-corrected chi connectivity index (χ3v) is 4.19. The third-order valence-electron chi connectivity index (χ3n) is 3.82. The fourth-order valence-electron chi connectivity index (χ4n) is 2.71. The fourth-order valence-corrected chi connectivity index (χ4v) is 2.86. The van der Waals surface area contributed by atoms with Crippen molar-refractivity contribution in [3.05, 3.63) is 58.6 Å². The zero-order chi connectivity index (χ0) is 18.2. The molecule has 8 heteroatoms. The average Bonchev–Trinajstić information content (AvgIpc) is 2.59. The highest BCUT2D eigenvalue weighted by Crippen LogP contribution is 2.51. The summed E-state index contributed by atoms with van der Waals surface area (Å²) in [5.41, 5.74) is -0.166. The molecule has 0 fully saturated rings. The molecule has 1 aliphatic rings. The number of hydrogen-bond donors (Lipinski definition) is 5. The SMILES string of the molecule is O=C(CC1(O)C=C(c2ccccc2)Oc2cc(O)c(Cl)c(O)c21)NO. The standard InChI is InChI=1S/C17H14ClNO6/c18-15-10(20)6-11-14(16(15)22)17(23,8-13(21)19-24)7-12(25-11)9-4-2-1-3-5-9/h1-7,20,22-24H,8H2,(H,19,21). The van der Waals surface area contributed by atoms with Crippen molar-refractivity contribution in [3.63, 3.8) is 0 Å². The molecule has 0 saturated carbocycles. The summed E-state index contributed by atoms with van der Waals surface area (Å²) in [6.07, 6.45) is 0.637. The van der Waals surface area contributed by atoms with Gasteiger partial charge in [-0.3, -0.25) is 10.0 Å². The Morgan fingerprint density at radius 2 is 1.92 bits per heavy atom. The molecule has 2 aromatic carbocycles. The Labute approximate surface area is 147 Å². The molecule has 1 heterocycles. The molecule has 5 N–H and O–H groups in total. The highest BCUT2D eigenvalue weighted by molar-refractivity contribution is 6.33. The van der Waals surface area contributed by atoms with Crippen LogP contribution in [0.15, 0.2) is 42.5 Å². The molecule has 7 nitrogen and oxygen atoms in total. The van der Waals surface area contributed by atoms with Gasteiger partial charge >= 0.3 is 0 Å². The molecule has 3 rings (SSSR count). The molecule has 1 atom stereocenters. The van der Waals surface area contributed by atoms with Gasteiger partial charge in [0.25, 0.3) is 0 Å². The van der Waals surface area contributed by atoms with Crippen LogP contribution in [0.1, 0.15) is 17.5 Å². The molecule has 0 spiro atoms. The first-order valence-electron chi connectivity index (χ1n) is 7.22. The fraction of sp³-hybridized carbons (Fsp3) is 0.118. The van der Waals surface area contributed by atoms with Gasteiger partial charge < -0.3 is 20.1 Å². The van der Waals surface area contributed by atoms with Gasteiger partial charge in [0.2, 0.25) is 5.91 Å². The number of amides is 1. The Bertz CT molecular complexity index is 867. The zero-order valence-electron chi connectivity index (χ0n) is 12.7. The lowest BCUT2D eigenvalue weighted by Crippen LogP contribution is -2.35. The summed E-state index contributed by atoms with van der Waals surface area (Å²) in [7, 11) is 0. The van der Waals surface area contributed by atoms with E-state index in [-0.39, 0.29) is 22.1 Å². The Kier molecular flexibility index (Phi) is 4.30. The van der Waals surface area contributed by atoms with E-state index >= 15 is 0 Å². The van der Waals surface area contributed by atoms with Crippen molar-refractivity contribution in [2.45, 2.75) is 12.0 Å². The van der Waals surface area contributed by atoms with Gasteiger partial charge in [-0.05, 0) is 6.08 Å². The number of hydrogen-bond acceptors (Lipinski definition) is 6. The van der Waals surface area contributed by atoms with Crippen LogP contribution in [-0.2, 0) is 10.4 Å². The van der Waals surface area contributed by atoms with Crippen LogP contribution in [0.4, 0.5) is 0 Å². The minimum absolute atomic E-state index is 0.0611. The summed E-state index contributed by atoms with van der Waals surface area (Å²) in [5.74, 6) is -1.80. The highest BCUT2D eigenvalue weighted by atomic mass is 35.5. The maximum atomic E-state index is 11.6. The first-order chi connectivity index (χ1) is 11.9. The minimum atomic E-state index is -2.02. The van der Waals surface area contributed by atoms with Gasteiger partial charge in [0, 0.05) is 11.6 Å². The number of benzene rings is 2. The van der Waals surface area contributed by atoms with E-state index in [4.69, 9.17) is 21.5 Å². The number of fused-ring (bicyclic) bond motifs is 1. The molecule has 2 aromatic rings. The summed E-state index contributed by atoms with van der Waals surface area (Å²) < 4.78 is 5.67. The smallest absolute Gasteiger partial charge is 0.246 e. The number of carbonyl (C=O) groups is 1. The quantitative estimate of drug-likeness (QED) is 0.421. The molecule has 1 unspecified atom stereocenters. The molecule has 0 bridgehead atoms. The highest BCUT2D eigenvalue weighted by Gasteiger charge is 2.41. The molecule has 25 heavy (non-hydrogen) atoms. The molecule has 1 aliphatic heterocycles. The molecule has 130 valence electrons. The number of rotatable bonds is 3. The molecule has 0 saturated heterocycles. The predicted molar refractivity (Wildman–Crippen MR) is 88.3 cm³/mol. The maximum Gasteiger partial charge on any atom is 0.246 e. The number of nitrogens with one attached hydrogen (secondary N) is 1. The van der Waals surface area contributed by atoms with Crippen LogP contribution in [0.2, 0.25) is 5.02 Å². The summed E-state index contributed by atoms with van der Waals surface area (Å²) in [6, 6.07) is 9.88. The van der Waals surface area contributed by atoms with Crippen LogP contribution >= 0.6 is 11.6 Å². The first kappa shape index (κ1) is 17.1. The van der Waals surface area contributed by atoms with Crippen LogP contribution in [0.5, 0.6) is 17.2 Å². The number of ether oxygens (including phenoxy) is 1. The van der Waals surface area contributed by atoms with E-state index in [9.17, 15) is 20.1 Å². The van der Waals surface area contributed by atoms with Crippen molar-refractivity contribution in [1.29, 1.82) is 0 Å². The normalized spacial score (nSPS) is 18.8. The largest absolute Gasteiger partial charge is 0.506 e. The summed E-state index contributed by atoms with van der Waals surface area (Å²) in [5, 5.41) is 39.5. The van der Waals surface area contributed by atoms with Gasteiger partial charge in [-0.25, -0.2) is 5.48 Å². The summed E-state index contributed by atoms with van der Waals surface area (Å²) >= 11 is 5.83. The van der Waals surface area contributed by atoms with Gasteiger partial charge in [0.15, 0.2) is 0 Å². The second kappa shape index (κ2) is 6.29. The minimum Gasteiger partial charge on any atom is -0.506 e. The number of phenols is 2. The average molecular weight is 364 g/mol. The van der Waals surface area contributed by atoms with Crippen molar-refractivity contribution in [1.82, 2.24) is 5.48 Å². The third kappa shape index (κ3) is 3.00. The number of hydroxylamine groups is 1. The number of aromatic hydroxyl groups is 2. The number of carbonyl (C=O) groups excluding carboxylic acids is 1. The van der Waals surface area contributed by atoms with E-state index in [1.165, 1.54) is 11.6 Å². The first-order valence-corrected chi connectivity index (χ1v) is 7.60. The summed E-state index contributed by atoms with van der Waals surface area (Å²) in [4.78, 5) is 11.6. The molecule has 0 aliphatic carbocycles. The topological polar surface area (TPSA) is 119 Å². The Morgan fingerprint density at radius 3 is 2.56 bits per heavy atom. The van der Waals surface area contributed by atoms with Crippen LogP contribution in [-0.4, -0.2) is 26.4 Å². The number of aliphatic hydroxyl groups is 1. The lowest BCUT2D eigenvalue weighted by molar-refractivity contribution is -0.133. The second-order valence-electron chi connectivity index (χ2n) is 5.54. The van der Waals surface area contributed by atoms with Crippen LogP contribution in [0, 0.1) is 0 Å². The molecule has 0 radical (unpaired) electrons. The van der Waals surface area contributed by atoms with Crippen LogP contribution < -0.4 is 10.2 Å². The van der Waals surface area contributed by atoms with Crippen molar-refractivity contribution in [3.8, 4) is 17.2 Å². The van der Waals surface area contributed by atoms with Crippen LogP contribution in [0.25, 0.3) is 5.76 Å². The Morgan fingerprint density at radius 1 is 1.24 bits per heavy atom. The van der Waals surface area contributed by atoms with E-state index < -0.39 is 29.4 Å². The molecular formula is C17H14ClNO6. The summed E-state index contributed by atoms with van der Waals surface area (Å²) in [6.45, 7) is 0. The predicted octanol–water partition coefficient (Wildman–Crippen LogP) is 2.27. The van der Waals surface area contributed by atoms with Gasteiger partial charge in [-0.2, -0.15) is 0 Å². The van der Waals surface area contributed by atoms with E-state index in [0.29, 0.717) is 5.56 Å². The van der Waals surface area contributed by atoms with Crippen molar-refractivity contribution in [2.24, 2.45) is 0 Å². The number of halogens is 1. The van der Waals surface area contributed by atoms with Gasteiger partial charge in [-0.15, -0.1) is 0 Å². The second-order valence-corrected chi connectivity index (χ2v) is 5.92.